The molecule has 0 fully saturated rings. The lowest BCUT2D eigenvalue weighted by atomic mass is 10.1. The summed E-state index contributed by atoms with van der Waals surface area (Å²) >= 11 is 1.30. The van der Waals surface area contributed by atoms with Crippen LogP contribution >= 0.6 is 11.3 Å². The first-order valence-corrected chi connectivity index (χ1v) is 9.36. The number of hydrogen-bond acceptors (Lipinski definition) is 6. The SMILES string of the molecule is Cc1ccc2occ(/C=C/C(=O)Nc3nc(-c4ccccn4)cs3)c(=O)c2c1. The van der Waals surface area contributed by atoms with Gasteiger partial charge in [0.15, 0.2) is 10.6 Å². The molecular weight excluding hydrogens is 374 g/mol. The van der Waals surface area contributed by atoms with E-state index in [9.17, 15) is 9.59 Å². The van der Waals surface area contributed by atoms with Crippen LogP contribution in [-0.4, -0.2) is 15.9 Å². The van der Waals surface area contributed by atoms with Gasteiger partial charge in [0, 0.05) is 17.7 Å². The van der Waals surface area contributed by atoms with Crippen molar-refractivity contribution in [1.29, 1.82) is 0 Å². The predicted molar refractivity (Wildman–Crippen MR) is 110 cm³/mol. The Morgan fingerprint density at radius 1 is 1.21 bits per heavy atom. The number of aromatic nitrogens is 2. The van der Waals surface area contributed by atoms with Gasteiger partial charge < -0.3 is 4.42 Å². The van der Waals surface area contributed by atoms with Crippen LogP contribution in [0.1, 0.15) is 11.1 Å². The standard InChI is InChI=1S/C21H15N3O3S/c1-13-5-7-18-15(10-13)20(26)14(11-27-18)6-8-19(25)24-21-23-17(12-28-21)16-4-2-3-9-22-16/h2-12H,1H3,(H,23,24,25)/b8-6+. The lowest BCUT2D eigenvalue weighted by Crippen LogP contribution is -2.09. The quantitative estimate of drug-likeness (QED) is 0.527. The Bertz CT molecular complexity index is 1240. The summed E-state index contributed by atoms with van der Waals surface area (Å²) in [6.45, 7) is 1.90. The second kappa shape index (κ2) is 7.58. The minimum absolute atomic E-state index is 0.180. The van der Waals surface area contributed by atoms with Crippen LogP contribution in [0.15, 0.2) is 69.5 Å². The highest BCUT2D eigenvalue weighted by molar-refractivity contribution is 7.14. The highest BCUT2D eigenvalue weighted by atomic mass is 32.1. The smallest absolute Gasteiger partial charge is 0.250 e. The van der Waals surface area contributed by atoms with Crippen molar-refractivity contribution in [2.45, 2.75) is 6.92 Å². The van der Waals surface area contributed by atoms with E-state index in [0.29, 0.717) is 27.4 Å². The van der Waals surface area contributed by atoms with Gasteiger partial charge in [-0.3, -0.25) is 19.9 Å². The molecule has 0 bridgehead atoms. The molecular formula is C21H15N3O3S. The van der Waals surface area contributed by atoms with Crippen molar-refractivity contribution in [3.8, 4) is 11.4 Å². The number of hydrogen-bond donors (Lipinski definition) is 1. The third-order valence-electron chi connectivity index (χ3n) is 4.03. The molecule has 28 heavy (non-hydrogen) atoms. The van der Waals surface area contributed by atoms with Crippen LogP contribution < -0.4 is 10.7 Å². The molecule has 1 N–H and O–H groups in total. The second-order valence-electron chi connectivity index (χ2n) is 6.10. The van der Waals surface area contributed by atoms with E-state index in [1.165, 1.54) is 29.8 Å². The number of carbonyl (C=O) groups is 1. The highest BCUT2D eigenvalue weighted by Gasteiger charge is 2.08. The summed E-state index contributed by atoms with van der Waals surface area (Å²) in [5.41, 5.74) is 3.03. The van der Waals surface area contributed by atoms with Gasteiger partial charge in [-0.25, -0.2) is 4.98 Å². The molecule has 0 radical (unpaired) electrons. The van der Waals surface area contributed by atoms with E-state index < -0.39 is 0 Å². The summed E-state index contributed by atoms with van der Waals surface area (Å²) in [6.07, 6.45) is 5.77. The van der Waals surface area contributed by atoms with E-state index in [2.05, 4.69) is 15.3 Å². The first-order chi connectivity index (χ1) is 13.6. The molecule has 0 saturated carbocycles. The van der Waals surface area contributed by atoms with E-state index in [1.54, 1.807) is 18.3 Å². The monoisotopic (exact) mass is 389 g/mol. The van der Waals surface area contributed by atoms with Crippen molar-refractivity contribution in [2.75, 3.05) is 5.32 Å². The van der Waals surface area contributed by atoms with Crippen LogP contribution in [0.2, 0.25) is 0 Å². The Labute approximate surface area is 164 Å². The number of anilines is 1. The molecule has 0 atom stereocenters. The zero-order valence-corrected chi connectivity index (χ0v) is 15.7. The average molecular weight is 389 g/mol. The fourth-order valence-electron chi connectivity index (χ4n) is 2.65. The first kappa shape index (κ1) is 17.8. The van der Waals surface area contributed by atoms with Crippen LogP contribution in [0.4, 0.5) is 5.13 Å². The van der Waals surface area contributed by atoms with Crippen LogP contribution in [0.5, 0.6) is 0 Å². The van der Waals surface area contributed by atoms with Crippen LogP contribution in [-0.2, 0) is 4.79 Å². The zero-order chi connectivity index (χ0) is 19.5. The number of carbonyl (C=O) groups excluding carboxylic acids is 1. The molecule has 6 nitrogen and oxygen atoms in total. The van der Waals surface area contributed by atoms with Crippen LogP contribution in [0.25, 0.3) is 28.4 Å². The third-order valence-corrected chi connectivity index (χ3v) is 4.79. The fourth-order valence-corrected chi connectivity index (χ4v) is 3.36. The topological polar surface area (TPSA) is 85.1 Å². The number of benzene rings is 1. The average Bonchev–Trinajstić information content (AvgIpc) is 3.17. The minimum Gasteiger partial charge on any atom is -0.463 e. The molecule has 138 valence electrons. The number of pyridine rings is 1. The predicted octanol–water partition coefficient (Wildman–Crippen LogP) is 4.27. The molecule has 3 heterocycles. The van der Waals surface area contributed by atoms with Gasteiger partial charge in [0.2, 0.25) is 5.91 Å². The molecule has 0 aliphatic heterocycles. The van der Waals surface area contributed by atoms with Crippen LogP contribution in [0, 0.1) is 6.92 Å². The number of fused-ring (bicyclic) bond motifs is 1. The second-order valence-corrected chi connectivity index (χ2v) is 6.95. The molecule has 0 saturated heterocycles. The van der Waals surface area contributed by atoms with Crippen molar-refractivity contribution < 1.29 is 9.21 Å². The summed E-state index contributed by atoms with van der Waals surface area (Å²) in [7, 11) is 0. The van der Waals surface area contributed by atoms with Gasteiger partial charge in [0.05, 0.1) is 16.6 Å². The van der Waals surface area contributed by atoms with Gasteiger partial charge >= 0.3 is 0 Å². The Morgan fingerprint density at radius 2 is 2.11 bits per heavy atom. The lowest BCUT2D eigenvalue weighted by Gasteiger charge is -2.00. The van der Waals surface area contributed by atoms with Gasteiger partial charge in [-0.15, -0.1) is 11.3 Å². The molecule has 0 unspecified atom stereocenters. The van der Waals surface area contributed by atoms with Gasteiger partial charge in [0.1, 0.15) is 17.5 Å². The van der Waals surface area contributed by atoms with E-state index in [0.717, 1.165) is 11.3 Å². The maximum Gasteiger partial charge on any atom is 0.250 e. The molecule has 4 aromatic rings. The number of nitrogens with zero attached hydrogens (tertiary/aromatic N) is 2. The van der Waals surface area contributed by atoms with Crippen LogP contribution in [0.3, 0.4) is 0 Å². The van der Waals surface area contributed by atoms with Gasteiger partial charge in [0.25, 0.3) is 0 Å². The fraction of sp³-hybridized carbons (Fsp3) is 0.0476. The van der Waals surface area contributed by atoms with E-state index in [1.807, 2.05) is 36.6 Å². The molecule has 3 aromatic heterocycles. The van der Waals surface area contributed by atoms with E-state index in [4.69, 9.17) is 4.42 Å². The first-order valence-electron chi connectivity index (χ1n) is 8.48. The summed E-state index contributed by atoms with van der Waals surface area (Å²) < 4.78 is 5.48. The molecule has 0 aliphatic carbocycles. The molecule has 1 aromatic carbocycles. The normalized spacial score (nSPS) is 11.2. The Kier molecular flexibility index (Phi) is 4.82. The number of rotatable bonds is 4. The summed E-state index contributed by atoms with van der Waals surface area (Å²) in [5, 5.41) is 5.45. The number of nitrogens with one attached hydrogen (secondary N) is 1. The maximum absolute atomic E-state index is 12.6. The zero-order valence-electron chi connectivity index (χ0n) is 14.9. The van der Waals surface area contributed by atoms with Crippen molar-refractivity contribution in [1.82, 2.24) is 9.97 Å². The summed E-state index contributed by atoms with van der Waals surface area (Å²) in [6, 6.07) is 11.0. The van der Waals surface area contributed by atoms with E-state index >= 15 is 0 Å². The van der Waals surface area contributed by atoms with Crippen molar-refractivity contribution >= 4 is 39.4 Å². The van der Waals surface area contributed by atoms with Crippen molar-refractivity contribution in [3.63, 3.8) is 0 Å². The highest BCUT2D eigenvalue weighted by Crippen LogP contribution is 2.23. The Morgan fingerprint density at radius 3 is 2.93 bits per heavy atom. The molecule has 7 heteroatoms. The molecule has 4 rings (SSSR count). The number of thiazole rings is 1. The minimum atomic E-state index is -0.384. The summed E-state index contributed by atoms with van der Waals surface area (Å²) in [4.78, 5) is 33.3. The molecule has 1 amide bonds. The molecule has 0 aliphatic rings. The van der Waals surface area contributed by atoms with Crippen molar-refractivity contribution in [3.05, 3.63) is 81.7 Å². The lowest BCUT2D eigenvalue weighted by molar-refractivity contribution is -0.111. The number of amides is 1. The maximum atomic E-state index is 12.6. The third kappa shape index (κ3) is 3.74. The Balaban J connectivity index is 1.51. The van der Waals surface area contributed by atoms with Gasteiger partial charge in [-0.1, -0.05) is 17.7 Å². The van der Waals surface area contributed by atoms with E-state index in [-0.39, 0.29) is 11.3 Å². The molecule has 0 spiro atoms. The number of aryl methyl sites for hydroxylation is 1. The van der Waals surface area contributed by atoms with Gasteiger partial charge in [-0.2, -0.15) is 0 Å². The Hall–Kier alpha value is -3.58. The largest absolute Gasteiger partial charge is 0.463 e. The van der Waals surface area contributed by atoms with Crippen molar-refractivity contribution in [2.24, 2.45) is 0 Å². The summed E-state index contributed by atoms with van der Waals surface area (Å²) in [5.74, 6) is -0.384. The van der Waals surface area contributed by atoms with Gasteiger partial charge in [-0.05, 0) is 37.3 Å².